The zero-order chi connectivity index (χ0) is 19.2. The molecule has 0 radical (unpaired) electrons. The third-order valence-corrected chi connectivity index (χ3v) is 4.04. The van der Waals surface area contributed by atoms with Gasteiger partial charge in [-0.05, 0) is 39.7 Å². The molecule has 0 bridgehead atoms. The average molecular weight is 363 g/mol. The average Bonchev–Trinajstić information content (AvgIpc) is 2.59. The molecular weight excluding hydrogens is 334 g/mol. The zero-order valence-electron chi connectivity index (χ0n) is 16.1. The van der Waals surface area contributed by atoms with Gasteiger partial charge in [0, 0.05) is 13.0 Å². The fourth-order valence-corrected chi connectivity index (χ4v) is 2.91. The molecule has 1 amide bonds. The van der Waals surface area contributed by atoms with E-state index in [1.54, 1.807) is 11.8 Å². The lowest BCUT2D eigenvalue weighted by molar-refractivity contribution is -0.149. The Kier molecular flexibility index (Phi) is 7.03. The minimum Gasteiger partial charge on any atom is -0.466 e. The van der Waals surface area contributed by atoms with E-state index in [4.69, 9.17) is 14.2 Å². The van der Waals surface area contributed by atoms with Gasteiger partial charge in [0.1, 0.15) is 11.8 Å². The summed E-state index contributed by atoms with van der Waals surface area (Å²) in [5, 5.41) is 0. The molecule has 1 saturated heterocycles. The van der Waals surface area contributed by atoms with E-state index in [-0.39, 0.29) is 5.97 Å². The van der Waals surface area contributed by atoms with Gasteiger partial charge in [0.2, 0.25) is 0 Å². The Balaban J connectivity index is 2.18. The lowest BCUT2D eigenvalue weighted by Gasteiger charge is -2.37. The van der Waals surface area contributed by atoms with Crippen molar-refractivity contribution in [3.63, 3.8) is 0 Å². The standard InChI is InChI=1S/C20H29NO5/c1-5-24-18(22)16(15-10-7-6-8-11-15)14-17-21(12-9-13-25-17)19(23)26-20(2,3)4/h6-8,10-11,16-17H,5,9,12-14H2,1-4H3. The topological polar surface area (TPSA) is 65.1 Å². The number of ether oxygens (including phenoxy) is 3. The monoisotopic (exact) mass is 363 g/mol. The molecule has 6 heteroatoms. The minimum atomic E-state index is -0.584. The molecule has 1 aliphatic rings. The molecule has 2 unspecified atom stereocenters. The maximum absolute atomic E-state index is 12.5. The van der Waals surface area contributed by atoms with Crippen LogP contribution in [-0.4, -0.2) is 48.5 Å². The fourth-order valence-electron chi connectivity index (χ4n) is 2.91. The highest BCUT2D eigenvalue weighted by atomic mass is 16.6. The van der Waals surface area contributed by atoms with E-state index in [1.165, 1.54) is 0 Å². The number of rotatable bonds is 5. The van der Waals surface area contributed by atoms with Gasteiger partial charge in [-0.2, -0.15) is 0 Å². The van der Waals surface area contributed by atoms with Gasteiger partial charge in [-0.25, -0.2) is 4.79 Å². The summed E-state index contributed by atoms with van der Waals surface area (Å²) in [6.07, 6.45) is 0.138. The van der Waals surface area contributed by atoms with Crippen LogP contribution in [-0.2, 0) is 19.0 Å². The molecule has 0 aromatic heterocycles. The highest BCUT2D eigenvalue weighted by molar-refractivity contribution is 5.78. The smallest absolute Gasteiger partial charge is 0.412 e. The first-order valence-electron chi connectivity index (χ1n) is 9.14. The molecule has 0 N–H and O–H groups in total. The van der Waals surface area contributed by atoms with Crippen molar-refractivity contribution in [2.45, 2.75) is 58.3 Å². The van der Waals surface area contributed by atoms with Crippen molar-refractivity contribution in [3.8, 4) is 0 Å². The molecule has 2 rings (SSSR count). The Morgan fingerprint density at radius 1 is 1.27 bits per heavy atom. The van der Waals surface area contributed by atoms with Crippen molar-refractivity contribution in [1.29, 1.82) is 0 Å². The van der Waals surface area contributed by atoms with Crippen LogP contribution in [0, 0.1) is 0 Å². The summed E-state index contributed by atoms with van der Waals surface area (Å²) in [5.41, 5.74) is 0.267. The van der Waals surface area contributed by atoms with Crippen LogP contribution in [0.15, 0.2) is 30.3 Å². The Morgan fingerprint density at radius 2 is 1.96 bits per heavy atom. The number of hydrogen-bond donors (Lipinski definition) is 0. The highest BCUT2D eigenvalue weighted by Gasteiger charge is 2.35. The van der Waals surface area contributed by atoms with Crippen molar-refractivity contribution in [1.82, 2.24) is 4.90 Å². The first-order valence-corrected chi connectivity index (χ1v) is 9.14. The lowest BCUT2D eigenvalue weighted by Crippen LogP contribution is -2.49. The maximum Gasteiger partial charge on any atom is 0.412 e. The molecule has 144 valence electrons. The highest BCUT2D eigenvalue weighted by Crippen LogP contribution is 2.28. The summed E-state index contributed by atoms with van der Waals surface area (Å²) in [7, 11) is 0. The summed E-state index contributed by atoms with van der Waals surface area (Å²) in [6, 6.07) is 9.45. The molecule has 2 atom stereocenters. The number of carbonyl (C=O) groups excluding carboxylic acids is 2. The van der Waals surface area contributed by atoms with E-state index in [2.05, 4.69) is 0 Å². The van der Waals surface area contributed by atoms with Crippen LogP contribution in [0.25, 0.3) is 0 Å². The van der Waals surface area contributed by atoms with Gasteiger partial charge in [-0.1, -0.05) is 30.3 Å². The summed E-state index contributed by atoms with van der Waals surface area (Å²) in [5.74, 6) is -0.804. The summed E-state index contributed by atoms with van der Waals surface area (Å²) in [6.45, 7) is 8.67. The number of benzene rings is 1. The van der Waals surface area contributed by atoms with Gasteiger partial charge < -0.3 is 14.2 Å². The quantitative estimate of drug-likeness (QED) is 0.746. The minimum absolute atomic E-state index is 0.308. The maximum atomic E-state index is 12.5. The van der Waals surface area contributed by atoms with E-state index >= 15 is 0 Å². The first-order chi connectivity index (χ1) is 12.3. The zero-order valence-corrected chi connectivity index (χ0v) is 16.1. The largest absolute Gasteiger partial charge is 0.466 e. The van der Waals surface area contributed by atoms with E-state index in [0.29, 0.717) is 26.2 Å². The molecule has 0 saturated carbocycles. The number of carbonyl (C=O) groups is 2. The van der Waals surface area contributed by atoms with Crippen molar-refractivity contribution in [2.75, 3.05) is 19.8 Å². The van der Waals surface area contributed by atoms with Crippen LogP contribution < -0.4 is 0 Å². The second kappa shape index (κ2) is 9.03. The Hall–Kier alpha value is -2.08. The van der Waals surface area contributed by atoms with Gasteiger partial charge in [0.15, 0.2) is 0 Å². The normalized spacial score (nSPS) is 18.9. The van der Waals surface area contributed by atoms with E-state index in [9.17, 15) is 9.59 Å². The van der Waals surface area contributed by atoms with Gasteiger partial charge in [0.05, 0.1) is 19.1 Å². The summed E-state index contributed by atoms with van der Waals surface area (Å²) >= 11 is 0. The predicted molar refractivity (Wildman–Crippen MR) is 97.7 cm³/mol. The lowest BCUT2D eigenvalue weighted by atomic mass is 9.94. The molecule has 1 heterocycles. The number of esters is 1. The molecule has 0 spiro atoms. The third kappa shape index (κ3) is 5.73. The van der Waals surface area contributed by atoms with Crippen molar-refractivity contribution < 1.29 is 23.8 Å². The van der Waals surface area contributed by atoms with E-state index in [1.807, 2.05) is 51.1 Å². The van der Waals surface area contributed by atoms with Crippen LogP contribution in [0.2, 0.25) is 0 Å². The van der Waals surface area contributed by atoms with E-state index in [0.717, 1.165) is 12.0 Å². The molecule has 1 aromatic carbocycles. The van der Waals surface area contributed by atoms with Crippen LogP contribution in [0.4, 0.5) is 4.79 Å². The predicted octanol–water partition coefficient (Wildman–Crippen LogP) is 3.71. The fraction of sp³-hybridized carbons (Fsp3) is 0.600. The van der Waals surface area contributed by atoms with Crippen LogP contribution in [0.1, 0.15) is 52.0 Å². The van der Waals surface area contributed by atoms with Crippen LogP contribution in [0.3, 0.4) is 0 Å². The van der Waals surface area contributed by atoms with Crippen LogP contribution >= 0.6 is 0 Å². The molecule has 6 nitrogen and oxygen atoms in total. The van der Waals surface area contributed by atoms with Crippen molar-refractivity contribution >= 4 is 12.1 Å². The molecule has 26 heavy (non-hydrogen) atoms. The molecule has 0 aliphatic carbocycles. The number of amides is 1. The molecular formula is C20H29NO5. The number of nitrogens with zero attached hydrogens (tertiary/aromatic N) is 1. The molecule has 1 aromatic rings. The third-order valence-electron chi connectivity index (χ3n) is 4.04. The Bertz CT molecular complexity index is 596. The Labute approximate surface area is 155 Å². The van der Waals surface area contributed by atoms with Gasteiger partial charge in [0.25, 0.3) is 0 Å². The van der Waals surface area contributed by atoms with Gasteiger partial charge in [-0.3, -0.25) is 9.69 Å². The molecule has 1 fully saturated rings. The Morgan fingerprint density at radius 3 is 2.58 bits per heavy atom. The first kappa shape index (κ1) is 20.2. The summed E-state index contributed by atoms with van der Waals surface area (Å²) < 4.78 is 16.6. The number of hydrogen-bond acceptors (Lipinski definition) is 5. The van der Waals surface area contributed by atoms with Crippen molar-refractivity contribution in [3.05, 3.63) is 35.9 Å². The van der Waals surface area contributed by atoms with Gasteiger partial charge in [-0.15, -0.1) is 0 Å². The second-order valence-corrected chi connectivity index (χ2v) is 7.30. The van der Waals surface area contributed by atoms with Gasteiger partial charge >= 0.3 is 12.1 Å². The van der Waals surface area contributed by atoms with Crippen LogP contribution in [0.5, 0.6) is 0 Å². The second-order valence-electron chi connectivity index (χ2n) is 7.30. The van der Waals surface area contributed by atoms with Crippen molar-refractivity contribution in [2.24, 2.45) is 0 Å². The summed E-state index contributed by atoms with van der Waals surface area (Å²) in [4.78, 5) is 26.6. The van der Waals surface area contributed by atoms with E-state index < -0.39 is 23.8 Å². The molecule has 1 aliphatic heterocycles. The SMILES string of the molecule is CCOC(=O)C(CC1OCCCN1C(=O)OC(C)(C)C)c1ccccc1.